The van der Waals surface area contributed by atoms with E-state index >= 15 is 0 Å². The van der Waals surface area contributed by atoms with Crippen molar-refractivity contribution in [1.82, 2.24) is 0 Å². The van der Waals surface area contributed by atoms with E-state index in [1.807, 2.05) is 29.2 Å². The smallest absolute Gasteiger partial charge is 0.223 e. The van der Waals surface area contributed by atoms with Crippen LogP contribution in [0.2, 0.25) is 0 Å². The number of carbonyl (C=O) groups excluding carboxylic acids is 1. The van der Waals surface area contributed by atoms with Gasteiger partial charge in [0.1, 0.15) is 0 Å². The standard InChI is InChI=1S/C16H17N3O/c1-10(20)19-7-6-12-8-11(2-5-16(12)19)14-9-13(17)3-4-15(14)18/h2-5,8-9H,6-7,17-18H2,1H3. The maximum absolute atomic E-state index is 11.6. The SMILES string of the molecule is CC(=O)N1CCc2cc(-c3cc(N)ccc3N)ccc21. The van der Waals surface area contributed by atoms with Gasteiger partial charge in [0, 0.05) is 36.1 Å². The van der Waals surface area contributed by atoms with E-state index in [4.69, 9.17) is 11.5 Å². The minimum atomic E-state index is 0.0833. The number of amides is 1. The number of nitrogens with two attached hydrogens (primary N) is 2. The van der Waals surface area contributed by atoms with Crippen LogP contribution in [0.5, 0.6) is 0 Å². The van der Waals surface area contributed by atoms with E-state index in [1.54, 1.807) is 13.0 Å². The minimum Gasteiger partial charge on any atom is -0.399 e. The van der Waals surface area contributed by atoms with E-state index in [1.165, 1.54) is 5.56 Å². The molecular formula is C16H17N3O. The highest BCUT2D eigenvalue weighted by Crippen LogP contribution is 2.34. The predicted octanol–water partition coefficient (Wildman–Crippen LogP) is 2.43. The summed E-state index contributed by atoms with van der Waals surface area (Å²) in [5, 5.41) is 0. The lowest BCUT2D eigenvalue weighted by atomic mass is 10.00. The number of nitrogen functional groups attached to an aromatic ring is 2. The molecule has 0 aliphatic carbocycles. The van der Waals surface area contributed by atoms with Crippen LogP contribution < -0.4 is 16.4 Å². The first-order valence-electron chi connectivity index (χ1n) is 6.62. The molecule has 1 aliphatic heterocycles. The Balaban J connectivity index is 2.06. The second-order valence-electron chi connectivity index (χ2n) is 5.11. The van der Waals surface area contributed by atoms with Crippen molar-refractivity contribution in [2.75, 3.05) is 22.9 Å². The highest BCUT2D eigenvalue weighted by atomic mass is 16.2. The first kappa shape index (κ1) is 12.5. The number of hydrogen-bond acceptors (Lipinski definition) is 3. The van der Waals surface area contributed by atoms with Crippen LogP contribution in [-0.2, 0) is 11.2 Å². The van der Waals surface area contributed by atoms with E-state index in [9.17, 15) is 4.79 Å². The van der Waals surface area contributed by atoms with Gasteiger partial charge in [0.15, 0.2) is 0 Å². The number of carbonyl (C=O) groups is 1. The number of fused-ring (bicyclic) bond motifs is 1. The fourth-order valence-electron chi connectivity index (χ4n) is 2.72. The highest BCUT2D eigenvalue weighted by molar-refractivity contribution is 5.94. The van der Waals surface area contributed by atoms with Gasteiger partial charge in [0.05, 0.1) is 0 Å². The largest absolute Gasteiger partial charge is 0.399 e. The normalized spacial score (nSPS) is 13.3. The van der Waals surface area contributed by atoms with Crippen molar-refractivity contribution in [3.63, 3.8) is 0 Å². The zero-order chi connectivity index (χ0) is 14.3. The number of benzene rings is 2. The molecule has 2 aromatic carbocycles. The number of hydrogen-bond donors (Lipinski definition) is 2. The van der Waals surface area contributed by atoms with Gasteiger partial charge in [-0.05, 0) is 47.9 Å². The van der Waals surface area contributed by atoms with Gasteiger partial charge in [0.25, 0.3) is 0 Å². The summed E-state index contributed by atoms with van der Waals surface area (Å²) in [4.78, 5) is 13.4. The van der Waals surface area contributed by atoms with Crippen molar-refractivity contribution in [3.05, 3.63) is 42.0 Å². The number of rotatable bonds is 1. The molecule has 0 bridgehead atoms. The van der Waals surface area contributed by atoms with Crippen molar-refractivity contribution in [2.45, 2.75) is 13.3 Å². The zero-order valence-electron chi connectivity index (χ0n) is 11.4. The fourth-order valence-corrected chi connectivity index (χ4v) is 2.72. The van der Waals surface area contributed by atoms with Crippen LogP contribution in [-0.4, -0.2) is 12.5 Å². The molecule has 0 radical (unpaired) electrons. The topological polar surface area (TPSA) is 72.3 Å². The molecule has 0 atom stereocenters. The van der Waals surface area contributed by atoms with Gasteiger partial charge in [0.2, 0.25) is 5.91 Å². The van der Waals surface area contributed by atoms with E-state index in [0.717, 1.165) is 29.8 Å². The minimum absolute atomic E-state index is 0.0833. The van der Waals surface area contributed by atoms with Crippen molar-refractivity contribution in [1.29, 1.82) is 0 Å². The molecule has 0 saturated carbocycles. The van der Waals surface area contributed by atoms with Gasteiger partial charge < -0.3 is 16.4 Å². The van der Waals surface area contributed by atoms with Crippen LogP contribution in [0.3, 0.4) is 0 Å². The fraction of sp³-hybridized carbons (Fsp3) is 0.188. The quantitative estimate of drug-likeness (QED) is 0.779. The average molecular weight is 267 g/mol. The second-order valence-corrected chi connectivity index (χ2v) is 5.11. The molecule has 3 rings (SSSR count). The molecule has 0 spiro atoms. The Bertz CT molecular complexity index is 694. The molecule has 1 aliphatic rings. The van der Waals surface area contributed by atoms with Crippen molar-refractivity contribution in [3.8, 4) is 11.1 Å². The van der Waals surface area contributed by atoms with Crippen LogP contribution in [0, 0.1) is 0 Å². The molecule has 0 aromatic heterocycles. The van der Waals surface area contributed by atoms with Crippen LogP contribution in [0.25, 0.3) is 11.1 Å². The number of anilines is 3. The van der Waals surface area contributed by atoms with E-state index in [-0.39, 0.29) is 5.91 Å². The van der Waals surface area contributed by atoms with Gasteiger partial charge in [-0.1, -0.05) is 6.07 Å². The maximum atomic E-state index is 11.6. The molecule has 0 fully saturated rings. The molecule has 4 N–H and O–H groups in total. The summed E-state index contributed by atoms with van der Waals surface area (Å²) in [5.41, 5.74) is 17.4. The molecular weight excluding hydrogens is 250 g/mol. The van der Waals surface area contributed by atoms with Crippen molar-refractivity contribution < 1.29 is 4.79 Å². The van der Waals surface area contributed by atoms with Crippen molar-refractivity contribution >= 4 is 23.0 Å². The Labute approximate surface area is 118 Å². The average Bonchev–Trinajstić information content (AvgIpc) is 2.84. The molecule has 1 heterocycles. The van der Waals surface area contributed by atoms with Gasteiger partial charge in [-0.2, -0.15) is 0 Å². The van der Waals surface area contributed by atoms with E-state index in [0.29, 0.717) is 11.4 Å². The third-order valence-electron chi connectivity index (χ3n) is 3.74. The molecule has 4 heteroatoms. The molecule has 2 aromatic rings. The lowest BCUT2D eigenvalue weighted by molar-refractivity contribution is -0.116. The highest BCUT2D eigenvalue weighted by Gasteiger charge is 2.22. The molecule has 0 unspecified atom stereocenters. The Hall–Kier alpha value is -2.49. The summed E-state index contributed by atoms with van der Waals surface area (Å²) < 4.78 is 0. The van der Waals surface area contributed by atoms with E-state index in [2.05, 4.69) is 6.07 Å². The molecule has 0 saturated heterocycles. The lowest BCUT2D eigenvalue weighted by Gasteiger charge is -2.15. The number of nitrogens with zero attached hydrogens (tertiary/aromatic N) is 1. The summed E-state index contributed by atoms with van der Waals surface area (Å²) in [5.74, 6) is 0.0833. The van der Waals surface area contributed by atoms with E-state index < -0.39 is 0 Å². The van der Waals surface area contributed by atoms with Gasteiger partial charge in [-0.15, -0.1) is 0 Å². The third kappa shape index (κ3) is 1.99. The van der Waals surface area contributed by atoms with Gasteiger partial charge in [-0.3, -0.25) is 4.79 Å². The Morgan fingerprint density at radius 3 is 2.70 bits per heavy atom. The van der Waals surface area contributed by atoms with Crippen LogP contribution in [0.4, 0.5) is 17.1 Å². The Morgan fingerprint density at radius 1 is 1.15 bits per heavy atom. The zero-order valence-corrected chi connectivity index (χ0v) is 11.4. The third-order valence-corrected chi connectivity index (χ3v) is 3.74. The molecule has 102 valence electrons. The first-order valence-corrected chi connectivity index (χ1v) is 6.62. The van der Waals surface area contributed by atoms with Crippen LogP contribution in [0.15, 0.2) is 36.4 Å². The summed E-state index contributed by atoms with van der Waals surface area (Å²) in [6.07, 6.45) is 0.880. The van der Waals surface area contributed by atoms with Crippen molar-refractivity contribution in [2.24, 2.45) is 0 Å². The summed E-state index contributed by atoms with van der Waals surface area (Å²) in [6, 6.07) is 11.6. The van der Waals surface area contributed by atoms with Crippen LogP contribution >= 0.6 is 0 Å². The summed E-state index contributed by atoms with van der Waals surface area (Å²) >= 11 is 0. The summed E-state index contributed by atoms with van der Waals surface area (Å²) in [6.45, 7) is 2.35. The molecule has 1 amide bonds. The second kappa shape index (κ2) is 4.56. The Kier molecular flexibility index (Phi) is 2.86. The first-order chi connectivity index (χ1) is 9.56. The predicted molar refractivity (Wildman–Crippen MR) is 82.4 cm³/mol. The molecule has 4 nitrogen and oxygen atoms in total. The lowest BCUT2D eigenvalue weighted by Crippen LogP contribution is -2.25. The summed E-state index contributed by atoms with van der Waals surface area (Å²) in [7, 11) is 0. The Morgan fingerprint density at radius 2 is 1.95 bits per heavy atom. The van der Waals surface area contributed by atoms with Gasteiger partial charge in [-0.25, -0.2) is 0 Å². The monoisotopic (exact) mass is 267 g/mol. The maximum Gasteiger partial charge on any atom is 0.223 e. The van der Waals surface area contributed by atoms with Crippen LogP contribution in [0.1, 0.15) is 12.5 Å². The molecule has 20 heavy (non-hydrogen) atoms. The van der Waals surface area contributed by atoms with Gasteiger partial charge >= 0.3 is 0 Å².